The fourth-order valence-electron chi connectivity index (χ4n) is 1.56. The average molecular weight is 190 g/mol. The van der Waals surface area contributed by atoms with Crippen LogP contribution >= 0.6 is 0 Å². The van der Waals surface area contributed by atoms with Crippen molar-refractivity contribution in [1.29, 1.82) is 0 Å². The third kappa shape index (κ3) is 2.63. The van der Waals surface area contributed by atoms with E-state index < -0.39 is 0 Å². The largest absolute Gasteiger partial charge is 0.508 e. The van der Waals surface area contributed by atoms with E-state index in [1.165, 1.54) is 5.56 Å². The molecule has 0 aliphatic rings. The highest BCUT2D eigenvalue weighted by molar-refractivity contribution is 5.61. The van der Waals surface area contributed by atoms with Crippen molar-refractivity contribution in [2.45, 2.75) is 33.1 Å². The lowest BCUT2D eigenvalue weighted by Crippen LogP contribution is -1.92. The van der Waals surface area contributed by atoms with Gasteiger partial charge in [-0.25, -0.2) is 0 Å². The summed E-state index contributed by atoms with van der Waals surface area (Å²) < 4.78 is 0. The molecular formula is C13H18O. The Morgan fingerprint density at radius 2 is 2.00 bits per heavy atom. The molecule has 0 heterocycles. The Balaban J connectivity index is 3.00. The van der Waals surface area contributed by atoms with E-state index in [4.69, 9.17) is 0 Å². The summed E-state index contributed by atoms with van der Waals surface area (Å²) in [5.74, 6) is 0.413. The zero-order valence-corrected chi connectivity index (χ0v) is 8.96. The van der Waals surface area contributed by atoms with Crippen molar-refractivity contribution in [3.63, 3.8) is 0 Å². The maximum Gasteiger partial charge on any atom is 0.119 e. The van der Waals surface area contributed by atoms with Gasteiger partial charge in [0.05, 0.1) is 0 Å². The highest BCUT2D eigenvalue weighted by Gasteiger charge is 2.03. The first kappa shape index (κ1) is 10.8. The van der Waals surface area contributed by atoms with Crippen molar-refractivity contribution < 1.29 is 5.11 Å². The molecule has 0 fully saturated rings. The SMILES string of the molecule is CC/C=C(\O)c1ccccc1CCC. The Labute approximate surface area is 86.1 Å². The molecule has 0 radical (unpaired) electrons. The molecule has 1 nitrogen and oxygen atoms in total. The molecule has 0 unspecified atom stereocenters. The zero-order valence-electron chi connectivity index (χ0n) is 8.96. The van der Waals surface area contributed by atoms with Gasteiger partial charge in [0.15, 0.2) is 0 Å². The van der Waals surface area contributed by atoms with Crippen LogP contribution in [0.5, 0.6) is 0 Å². The summed E-state index contributed by atoms with van der Waals surface area (Å²) in [6.45, 7) is 4.18. The molecule has 0 saturated heterocycles. The molecule has 0 aliphatic carbocycles. The summed E-state index contributed by atoms with van der Waals surface area (Å²) in [5.41, 5.74) is 2.22. The van der Waals surface area contributed by atoms with E-state index in [1.54, 1.807) is 0 Å². The van der Waals surface area contributed by atoms with Crippen molar-refractivity contribution in [3.05, 3.63) is 41.5 Å². The number of allylic oxidation sites excluding steroid dienone is 1. The lowest BCUT2D eigenvalue weighted by Gasteiger charge is -2.07. The van der Waals surface area contributed by atoms with Crippen LogP contribution in [0.3, 0.4) is 0 Å². The standard InChI is InChI=1S/C13H18O/c1-3-7-11-9-5-6-10-12(11)13(14)8-4-2/h5-6,8-10,14H,3-4,7H2,1-2H3/b13-8-. The van der Waals surface area contributed by atoms with Gasteiger partial charge in [0, 0.05) is 5.56 Å². The fourth-order valence-corrected chi connectivity index (χ4v) is 1.56. The summed E-state index contributed by atoms with van der Waals surface area (Å²) in [5, 5.41) is 9.79. The zero-order chi connectivity index (χ0) is 10.4. The summed E-state index contributed by atoms with van der Waals surface area (Å²) in [4.78, 5) is 0. The van der Waals surface area contributed by atoms with Crippen LogP contribution in [-0.2, 0) is 6.42 Å². The first-order valence-electron chi connectivity index (χ1n) is 5.27. The van der Waals surface area contributed by atoms with Gasteiger partial charge in [-0.05, 0) is 24.5 Å². The normalized spacial score (nSPS) is 11.7. The maximum atomic E-state index is 9.79. The smallest absolute Gasteiger partial charge is 0.119 e. The molecule has 1 aromatic rings. The molecule has 0 amide bonds. The van der Waals surface area contributed by atoms with Gasteiger partial charge >= 0.3 is 0 Å². The molecule has 0 bridgehead atoms. The molecule has 0 aromatic heterocycles. The Morgan fingerprint density at radius 3 is 2.64 bits per heavy atom. The predicted octanol–water partition coefficient (Wildman–Crippen LogP) is 3.95. The van der Waals surface area contributed by atoms with Crippen LogP contribution in [0.25, 0.3) is 5.76 Å². The van der Waals surface area contributed by atoms with Gasteiger partial charge in [-0.2, -0.15) is 0 Å². The fraction of sp³-hybridized carbons (Fsp3) is 0.385. The third-order valence-electron chi connectivity index (χ3n) is 2.21. The van der Waals surface area contributed by atoms with E-state index in [0.717, 1.165) is 24.8 Å². The van der Waals surface area contributed by atoms with Crippen molar-refractivity contribution in [3.8, 4) is 0 Å². The van der Waals surface area contributed by atoms with Gasteiger partial charge < -0.3 is 5.11 Å². The minimum absolute atomic E-state index is 0.413. The highest BCUT2D eigenvalue weighted by atomic mass is 16.3. The molecule has 76 valence electrons. The monoisotopic (exact) mass is 190 g/mol. The minimum atomic E-state index is 0.413. The van der Waals surface area contributed by atoms with Crippen LogP contribution in [0.15, 0.2) is 30.3 Å². The molecule has 0 atom stereocenters. The Kier molecular flexibility index (Phi) is 4.24. The van der Waals surface area contributed by atoms with Crippen LogP contribution in [0, 0.1) is 0 Å². The van der Waals surface area contributed by atoms with Gasteiger partial charge in [-0.1, -0.05) is 44.5 Å². The second-order valence-corrected chi connectivity index (χ2v) is 3.40. The van der Waals surface area contributed by atoms with E-state index in [-0.39, 0.29) is 0 Å². The second-order valence-electron chi connectivity index (χ2n) is 3.40. The van der Waals surface area contributed by atoms with Gasteiger partial charge in [-0.3, -0.25) is 0 Å². The first-order chi connectivity index (χ1) is 6.79. The topological polar surface area (TPSA) is 20.2 Å². The molecular weight excluding hydrogens is 172 g/mol. The lowest BCUT2D eigenvalue weighted by molar-refractivity contribution is 0.508. The third-order valence-corrected chi connectivity index (χ3v) is 2.21. The molecule has 1 heteroatoms. The Morgan fingerprint density at radius 1 is 1.29 bits per heavy atom. The second kappa shape index (κ2) is 5.48. The van der Waals surface area contributed by atoms with Crippen LogP contribution in [0.2, 0.25) is 0 Å². The number of aliphatic hydroxyl groups excluding tert-OH is 1. The van der Waals surface area contributed by atoms with Crippen LogP contribution in [0.1, 0.15) is 37.8 Å². The molecule has 1 aromatic carbocycles. The lowest BCUT2D eigenvalue weighted by atomic mass is 10.0. The molecule has 14 heavy (non-hydrogen) atoms. The summed E-state index contributed by atoms with van der Waals surface area (Å²) in [7, 11) is 0. The van der Waals surface area contributed by atoms with E-state index >= 15 is 0 Å². The van der Waals surface area contributed by atoms with Gasteiger partial charge in [0.25, 0.3) is 0 Å². The molecule has 1 rings (SSSR count). The summed E-state index contributed by atoms with van der Waals surface area (Å²) in [6, 6.07) is 8.05. The van der Waals surface area contributed by atoms with E-state index in [2.05, 4.69) is 13.0 Å². The molecule has 0 saturated carbocycles. The number of hydrogen-bond donors (Lipinski definition) is 1. The first-order valence-corrected chi connectivity index (χ1v) is 5.27. The van der Waals surface area contributed by atoms with Gasteiger partial charge in [-0.15, -0.1) is 0 Å². The number of hydrogen-bond acceptors (Lipinski definition) is 1. The van der Waals surface area contributed by atoms with Crippen molar-refractivity contribution in [2.24, 2.45) is 0 Å². The average Bonchev–Trinajstić information content (AvgIpc) is 2.19. The minimum Gasteiger partial charge on any atom is -0.508 e. The Hall–Kier alpha value is -1.24. The van der Waals surface area contributed by atoms with E-state index in [1.807, 2.05) is 31.2 Å². The number of benzene rings is 1. The van der Waals surface area contributed by atoms with Crippen LogP contribution < -0.4 is 0 Å². The van der Waals surface area contributed by atoms with Gasteiger partial charge in [0.1, 0.15) is 5.76 Å². The van der Waals surface area contributed by atoms with E-state index in [0.29, 0.717) is 5.76 Å². The van der Waals surface area contributed by atoms with Crippen LogP contribution in [0.4, 0.5) is 0 Å². The Bertz CT molecular complexity index is 313. The van der Waals surface area contributed by atoms with Crippen molar-refractivity contribution >= 4 is 5.76 Å². The van der Waals surface area contributed by atoms with Crippen molar-refractivity contribution in [1.82, 2.24) is 0 Å². The summed E-state index contributed by atoms with van der Waals surface area (Å²) >= 11 is 0. The number of rotatable bonds is 4. The highest BCUT2D eigenvalue weighted by Crippen LogP contribution is 2.18. The van der Waals surface area contributed by atoms with Gasteiger partial charge in [0.2, 0.25) is 0 Å². The number of aliphatic hydroxyl groups is 1. The van der Waals surface area contributed by atoms with Crippen molar-refractivity contribution in [2.75, 3.05) is 0 Å². The predicted molar refractivity (Wildman–Crippen MR) is 61.3 cm³/mol. The quantitative estimate of drug-likeness (QED) is 0.713. The molecule has 0 spiro atoms. The van der Waals surface area contributed by atoms with E-state index in [9.17, 15) is 5.11 Å². The molecule has 0 aliphatic heterocycles. The maximum absolute atomic E-state index is 9.79. The number of aryl methyl sites for hydroxylation is 1. The van der Waals surface area contributed by atoms with Crippen LogP contribution in [-0.4, -0.2) is 5.11 Å². The molecule has 1 N–H and O–H groups in total. The summed E-state index contributed by atoms with van der Waals surface area (Å²) in [6.07, 6.45) is 4.86.